The largest absolute Gasteiger partial charge is 0.448 e. The molecule has 0 aromatic heterocycles. The zero-order chi connectivity index (χ0) is 16.4. The summed E-state index contributed by atoms with van der Waals surface area (Å²) in [6.45, 7) is 1.64. The minimum Gasteiger partial charge on any atom is -0.448 e. The monoisotopic (exact) mass is 319 g/mol. The van der Waals surface area contributed by atoms with Crippen molar-refractivity contribution in [3.63, 3.8) is 0 Å². The van der Waals surface area contributed by atoms with Crippen LogP contribution in [0.3, 0.4) is 0 Å². The number of imide groups is 1. The highest BCUT2D eigenvalue weighted by atomic mass is 16.7. The highest BCUT2D eigenvalue weighted by Gasteiger charge is 2.42. The van der Waals surface area contributed by atoms with Gasteiger partial charge in [-0.2, -0.15) is 0 Å². The van der Waals surface area contributed by atoms with Gasteiger partial charge >= 0.3 is 6.03 Å². The number of nitrogens with one attached hydrogen (secondary N) is 2. The second-order valence-corrected chi connectivity index (χ2v) is 6.06. The summed E-state index contributed by atoms with van der Waals surface area (Å²) in [7, 11) is 0. The molecule has 1 aliphatic carbocycles. The fraction of sp³-hybridized carbons (Fsp3) is 0.500. The van der Waals surface area contributed by atoms with Crippen molar-refractivity contribution in [2.24, 2.45) is 5.73 Å². The third-order valence-corrected chi connectivity index (χ3v) is 4.17. The minimum absolute atomic E-state index is 0.487. The first-order valence-corrected chi connectivity index (χ1v) is 7.86. The van der Waals surface area contributed by atoms with Crippen molar-refractivity contribution in [1.82, 2.24) is 5.32 Å². The number of hydrogen-bond donors (Lipinski definition) is 3. The molecule has 1 heterocycles. The van der Waals surface area contributed by atoms with E-state index in [1.54, 1.807) is 6.92 Å². The molecule has 1 aliphatic heterocycles. The van der Waals surface area contributed by atoms with E-state index in [9.17, 15) is 9.59 Å². The van der Waals surface area contributed by atoms with Crippen LogP contribution in [0.4, 0.5) is 10.5 Å². The van der Waals surface area contributed by atoms with Gasteiger partial charge in [0.05, 0.1) is 0 Å². The van der Waals surface area contributed by atoms with Gasteiger partial charge in [0.2, 0.25) is 5.91 Å². The Balaban J connectivity index is 1.67. The van der Waals surface area contributed by atoms with Crippen molar-refractivity contribution in [3.8, 4) is 11.5 Å². The number of ether oxygens (including phenoxy) is 2. The van der Waals surface area contributed by atoms with Crippen molar-refractivity contribution in [3.05, 3.63) is 18.2 Å². The summed E-state index contributed by atoms with van der Waals surface area (Å²) in [5, 5.41) is 5.06. The summed E-state index contributed by atoms with van der Waals surface area (Å²) in [4.78, 5) is 22.4. The molecule has 1 aromatic carbocycles. The molecule has 1 atom stereocenters. The maximum Gasteiger partial charge on any atom is 0.318 e. The number of benzene rings is 1. The Morgan fingerprint density at radius 3 is 2.57 bits per heavy atom. The maximum absolute atomic E-state index is 11.7. The number of rotatable bonds is 3. The molecule has 3 rings (SSSR count). The first-order valence-electron chi connectivity index (χ1n) is 7.86. The van der Waals surface area contributed by atoms with Crippen molar-refractivity contribution in [2.75, 3.05) is 5.32 Å². The highest BCUT2D eigenvalue weighted by molar-refractivity contribution is 5.97. The number of fused-ring (bicyclic) bond motifs is 1. The number of carbonyl (C=O) groups excluding carboxylic acids is 2. The Labute approximate surface area is 134 Å². The van der Waals surface area contributed by atoms with E-state index < -0.39 is 23.8 Å². The van der Waals surface area contributed by atoms with E-state index in [1.807, 2.05) is 23.5 Å². The summed E-state index contributed by atoms with van der Waals surface area (Å²) in [6.07, 6.45) is 5.20. The fourth-order valence-electron chi connectivity index (χ4n) is 3.02. The van der Waals surface area contributed by atoms with Gasteiger partial charge < -0.3 is 20.5 Å². The molecule has 1 aromatic rings. The van der Waals surface area contributed by atoms with Crippen molar-refractivity contribution >= 4 is 17.6 Å². The number of amides is 3. The first kappa shape index (κ1) is 15.5. The normalized spacial score (nSPS) is 19.2. The molecule has 0 saturated heterocycles. The van der Waals surface area contributed by atoms with Crippen LogP contribution in [0.2, 0.25) is 0 Å². The van der Waals surface area contributed by atoms with Crippen LogP contribution in [0.1, 0.15) is 39.0 Å². The molecule has 4 N–H and O–H groups in total. The average molecular weight is 319 g/mol. The maximum atomic E-state index is 11.7. The quantitative estimate of drug-likeness (QED) is 0.792. The summed E-state index contributed by atoms with van der Waals surface area (Å²) < 4.78 is 12.1. The predicted molar refractivity (Wildman–Crippen MR) is 84.3 cm³/mol. The van der Waals surface area contributed by atoms with Gasteiger partial charge in [0.15, 0.2) is 11.5 Å². The Morgan fingerprint density at radius 2 is 1.87 bits per heavy atom. The Morgan fingerprint density at radius 1 is 1.17 bits per heavy atom. The van der Waals surface area contributed by atoms with E-state index in [0.717, 1.165) is 31.4 Å². The number of urea groups is 1. The van der Waals surface area contributed by atoms with Crippen LogP contribution in [0, 0.1) is 0 Å². The third-order valence-electron chi connectivity index (χ3n) is 4.17. The summed E-state index contributed by atoms with van der Waals surface area (Å²) >= 11 is 0. The van der Waals surface area contributed by atoms with Gasteiger partial charge in [-0.1, -0.05) is 6.42 Å². The Kier molecular flexibility index (Phi) is 4.02. The van der Waals surface area contributed by atoms with Gasteiger partial charge in [0, 0.05) is 24.6 Å². The SMILES string of the molecule is C[C@@H](Nc1ccc2c(c1)OC1(CCCCC1)O2)C(=O)NC(N)=O. The van der Waals surface area contributed by atoms with Gasteiger partial charge in [-0.15, -0.1) is 0 Å². The summed E-state index contributed by atoms with van der Waals surface area (Å²) in [5.41, 5.74) is 5.66. The van der Waals surface area contributed by atoms with Crippen LogP contribution in [0.15, 0.2) is 18.2 Å². The van der Waals surface area contributed by atoms with Crippen LogP contribution < -0.4 is 25.8 Å². The number of hydrogen-bond acceptors (Lipinski definition) is 5. The molecule has 7 nitrogen and oxygen atoms in total. The molecule has 3 amide bonds. The van der Waals surface area contributed by atoms with E-state index in [2.05, 4.69) is 5.32 Å². The standard InChI is InChI=1S/C16H21N3O4/c1-10(14(20)19-15(17)21)18-11-5-6-12-13(9-11)23-16(22-12)7-3-2-4-8-16/h5-6,9-10,18H,2-4,7-8H2,1H3,(H3,17,19,20,21)/t10-/m1/s1. The van der Waals surface area contributed by atoms with Gasteiger partial charge in [-0.25, -0.2) is 4.79 Å². The van der Waals surface area contributed by atoms with Crippen LogP contribution in [-0.2, 0) is 4.79 Å². The van der Waals surface area contributed by atoms with Crippen LogP contribution >= 0.6 is 0 Å². The van der Waals surface area contributed by atoms with Crippen molar-refractivity contribution in [2.45, 2.75) is 50.9 Å². The lowest BCUT2D eigenvalue weighted by Crippen LogP contribution is -2.43. The topological polar surface area (TPSA) is 103 Å². The molecule has 0 bridgehead atoms. The van der Waals surface area contributed by atoms with E-state index >= 15 is 0 Å². The molecule has 0 unspecified atom stereocenters. The summed E-state index contributed by atoms with van der Waals surface area (Å²) in [5.74, 6) is 0.402. The molecular weight excluding hydrogens is 298 g/mol. The Bertz CT molecular complexity index is 626. The van der Waals surface area contributed by atoms with Gasteiger partial charge in [0.1, 0.15) is 6.04 Å². The van der Waals surface area contributed by atoms with Crippen LogP contribution in [0.5, 0.6) is 11.5 Å². The molecule has 7 heteroatoms. The van der Waals surface area contributed by atoms with Crippen molar-refractivity contribution < 1.29 is 19.1 Å². The number of carbonyl (C=O) groups is 2. The van der Waals surface area contributed by atoms with E-state index in [-0.39, 0.29) is 0 Å². The average Bonchev–Trinajstić information content (AvgIpc) is 2.83. The number of primary amides is 1. The minimum atomic E-state index is -0.867. The molecule has 1 fully saturated rings. The lowest BCUT2D eigenvalue weighted by atomic mass is 9.94. The first-order chi connectivity index (χ1) is 11.0. The predicted octanol–water partition coefficient (Wildman–Crippen LogP) is 2.11. The Hall–Kier alpha value is -2.44. The van der Waals surface area contributed by atoms with Gasteiger partial charge in [0.25, 0.3) is 5.79 Å². The second-order valence-electron chi connectivity index (χ2n) is 6.06. The molecule has 2 aliphatic rings. The lowest BCUT2D eigenvalue weighted by molar-refractivity contribution is -0.120. The molecular formula is C16H21N3O4. The number of nitrogens with two attached hydrogens (primary N) is 1. The van der Waals surface area contributed by atoms with E-state index in [0.29, 0.717) is 11.4 Å². The molecule has 0 radical (unpaired) electrons. The molecule has 1 saturated carbocycles. The zero-order valence-corrected chi connectivity index (χ0v) is 13.1. The third kappa shape index (κ3) is 3.33. The van der Waals surface area contributed by atoms with E-state index in [4.69, 9.17) is 15.2 Å². The lowest BCUT2D eigenvalue weighted by Gasteiger charge is -2.31. The molecule has 124 valence electrons. The smallest absolute Gasteiger partial charge is 0.318 e. The summed E-state index contributed by atoms with van der Waals surface area (Å²) in [6, 6.07) is 3.99. The van der Waals surface area contributed by atoms with Crippen LogP contribution in [-0.4, -0.2) is 23.8 Å². The molecule has 23 heavy (non-hydrogen) atoms. The van der Waals surface area contributed by atoms with Crippen molar-refractivity contribution in [1.29, 1.82) is 0 Å². The zero-order valence-electron chi connectivity index (χ0n) is 13.1. The second kappa shape index (κ2) is 5.98. The highest BCUT2D eigenvalue weighted by Crippen LogP contribution is 2.46. The fourth-order valence-corrected chi connectivity index (χ4v) is 3.02. The van der Waals surface area contributed by atoms with Gasteiger partial charge in [-0.05, 0) is 31.9 Å². The number of anilines is 1. The van der Waals surface area contributed by atoms with Crippen LogP contribution in [0.25, 0.3) is 0 Å². The van der Waals surface area contributed by atoms with Gasteiger partial charge in [-0.3, -0.25) is 10.1 Å². The van der Waals surface area contributed by atoms with E-state index in [1.165, 1.54) is 6.42 Å². The molecule has 1 spiro atoms.